The Morgan fingerprint density at radius 1 is 1.07 bits per heavy atom. The molecule has 0 spiro atoms. The number of nitriles is 1. The molecule has 0 atom stereocenters. The van der Waals surface area contributed by atoms with Crippen molar-refractivity contribution in [1.82, 2.24) is 4.68 Å². The summed E-state index contributed by atoms with van der Waals surface area (Å²) in [6.45, 7) is 3.65. The number of carbonyl (C=O) groups is 2. The van der Waals surface area contributed by atoms with Crippen LogP contribution in [0, 0.1) is 25.2 Å². The van der Waals surface area contributed by atoms with Gasteiger partial charge in [-0.25, -0.2) is 0 Å². The highest BCUT2D eigenvalue weighted by Crippen LogP contribution is 2.19. The maximum absolute atomic E-state index is 12.5. The maximum Gasteiger partial charge on any atom is 0.270 e. The molecule has 0 radical (unpaired) electrons. The highest BCUT2D eigenvalue weighted by molar-refractivity contribution is 9.10. The number of nitrogens with zero attached hydrogens (tertiary/aromatic N) is 2. The van der Waals surface area contributed by atoms with Crippen molar-refractivity contribution in [2.24, 2.45) is 0 Å². The fourth-order valence-corrected chi connectivity index (χ4v) is 3.16. The van der Waals surface area contributed by atoms with Crippen molar-refractivity contribution in [2.45, 2.75) is 13.8 Å². The molecule has 150 valence electrons. The number of amides is 2. The van der Waals surface area contributed by atoms with E-state index >= 15 is 0 Å². The van der Waals surface area contributed by atoms with Gasteiger partial charge >= 0.3 is 0 Å². The van der Waals surface area contributed by atoms with Crippen LogP contribution < -0.4 is 10.7 Å². The summed E-state index contributed by atoms with van der Waals surface area (Å²) in [6, 6.07) is 19.7. The van der Waals surface area contributed by atoms with Crippen LogP contribution in [0.25, 0.3) is 6.08 Å². The predicted octanol–water partition coefficient (Wildman–Crippen LogP) is 4.80. The number of halogens is 1. The minimum atomic E-state index is -0.502. The first-order chi connectivity index (χ1) is 14.4. The summed E-state index contributed by atoms with van der Waals surface area (Å²) >= 11 is 3.34. The second-order valence-electron chi connectivity index (χ2n) is 6.60. The first-order valence-electron chi connectivity index (χ1n) is 9.13. The molecule has 0 aliphatic heterocycles. The minimum absolute atomic E-state index is 0.0347. The van der Waals surface area contributed by atoms with Crippen molar-refractivity contribution in [1.29, 1.82) is 5.26 Å². The van der Waals surface area contributed by atoms with Crippen molar-refractivity contribution >= 4 is 39.5 Å². The van der Waals surface area contributed by atoms with E-state index in [1.807, 2.05) is 32.0 Å². The molecule has 7 heteroatoms. The molecular formula is C23H19BrN4O2. The molecule has 2 aromatic carbocycles. The molecule has 1 heterocycles. The molecule has 0 fully saturated rings. The lowest BCUT2D eigenvalue weighted by molar-refractivity contribution is -0.112. The van der Waals surface area contributed by atoms with E-state index in [1.165, 1.54) is 6.08 Å². The summed E-state index contributed by atoms with van der Waals surface area (Å²) in [5.41, 5.74) is 6.08. The van der Waals surface area contributed by atoms with E-state index in [-0.39, 0.29) is 11.5 Å². The van der Waals surface area contributed by atoms with E-state index in [4.69, 9.17) is 0 Å². The summed E-state index contributed by atoms with van der Waals surface area (Å²) in [6.07, 6.45) is 1.52. The summed E-state index contributed by atoms with van der Waals surface area (Å²) in [5, 5.41) is 12.2. The summed E-state index contributed by atoms with van der Waals surface area (Å²) in [5.74, 6) is -0.751. The lowest BCUT2D eigenvalue weighted by atomic mass is 10.1. The smallest absolute Gasteiger partial charge is 0.270 e. The van der Waals surface area contributed by atoms with Crippen molar-refractivity contribution in [3.8, 4) is 6.07 Å². The standard InChI is InChI=1S/C23H19BrN4O2/c1-15-12-18(16(2)28(15)27-23(30)17-6-4-3-5-7-17)13-19(14-25)22(29)26-21-10-8-20(24)9-11-21/h3-13H,1-2H3,(H,26,29)(H,27,30)/b19-13-. The van der Waals surface area contributed by atoms with E-state index in [1.54, 1.807) is 53.2 Å². The topological polar surface area (TPSA) is 86.9 Å². The van der Waals surface area contributed by atoms with Crippen LogP contribution in [0.5, 0.6) is 0 Å². The average molecular weight is 463 g/mol. The van der Waals surface area contributed by atoms with E-state index in [0.29, 0.717) is 22.5 Å². The highest BCUT2D eigenvalue weighted by atomic mass is 79.9. The van der Waals surface area contributed by atoms with Crippen molar-refractivity contribution < 1.29 is 9.59 Å². The molecule has 6 nitrogen and oxygen atoms in total. The molecule has 1 aromatic heterocycles. The molecule has 0 unspecified atom stereocenters. The number of rotatable bonds is 5. The predicted molar refractivity (Wildman–Crippen MR) is 120 cm³/mol. The van der Waals surface area contributed by atoms with Gasteiger partial charge in [-0.3, -0.25) is 19.7 Å². The Hall–Kier alpha value is -3.63. The molecule has 2 N–H and O–H groups in total. The van der Waals surface area contributed by atoms with Gasteiger partial charge in [0, 0.05) is 27.1 Å². The van der Waals surface area contributed by atoms with E-state index in [0.717, 1.165) is 10.2 Å². The Kier molecular flexibility index (Phi) is 6.50. The lowest BCUT2D eigenvalue weighted by Gasteiger charge is -2.11. The van der Waals surface area contributed by atoms with Gasteiger partial charge in [0.15, 0.2) is 0 Å². The van der Waals surface area contributed by atoms with E-state index in [2.05, 4.69) is 26.7 Å². The third-order valence-electron chi connectivity index (χ3n) is 4.49. The zero-order valence-electron chi connectivity index (χ0n) is 16.4. The Balaban J connectivity index is 1.82. The molecule has 3 aromatic rings. The fourth-order valence-electron chi connectivity index (χ4n) is 2.90. The number of aryl methyl sites for hydroxylation is 1. The zero-order valence-corrected chi connectivity index (χ0v) is 18.0. The van der Waals surface area contributed by atoms with Crippen LogP contribution >= 0.6 is 15.9 Å². The van der Waals surface area contributed by atoms with Gasteiger partial charge < -0.3 is 5.32 Å². The summed E-state index contributed by atoms with van der Waals surface area (Å²) in [7, 11) is 0. The van der Waals surface area contributed by atoms with Crippen LogP contribution in [0.2, 0.25) is 0 Å². The zero-order chi connectivity index (χ0) is 21.7. The van der Waals surface area contributed by atoms with Crippen LogP contribution in [0.4, 0.5) is 5.69 Å². The van der Waals surface area contributed by atoms with Crippen LogP contribution in [0.1, 0.15) is 27.3 Å². The average Bonchev–Trinajstić information content (AvgIpc) is 3.01. The van der Waals surface area contributed by atoms with E-state index in [9.17, 15) is 14.9 Å². The quantitative estimate of drug-likeness (QED) is 0.421. The second kappa shape index (κ2) is 9.25. The SMILES string of the molecule is Cc1cc(/C=C(/C#N)C(=O)Nc2ccc(Br)cc2)c(C)n1NC(=O)c1ccccc1. The van der Waals surface area contributed by atoms with Crippen LogP contribution in [0.3, 0.4) is 0 Å². The minimum Gasteiger partial charge on any atom is -0.321 e. The van der Waals surface area contributed by atoms with Crippen LogP contribution in [-0.4, -0.2) is 16.5 Å². The first kappa shape index (κ1) is 21.1. The number of benzene rings is 2. The number of aromatic nitrogens is 1. The third kappa shape index (κ3) is 4.85. The van der Waals surface area contributed by atoms with Crippen LogP contribution in [-0.2, 0) is 4.79 Å². The number of carbonyl (C=O) groups excluding carboxylic acids is 2. The van der Waals surface area contributed by atoms with Crippen LogP contribution in [0.15, 0.2) is 70.7 Å². The summed E-state index contributed by atoms with van der Waals surface area (Å²) < 4.78 is 2.53. The van der Waals surface area contributed by atoms with E-state index < -0.39 is 5.91 Å². The molecule has 0 saturated heterocycles. The molecule has 0 saturated carbocycles. The first-order valence-corrected chi connectivity index (χ1v) is 9.92. The van der Waals surface area contributed by atoms with Crippen molar-refractivity contribution in [3.63, 3.8) is 0 Å². The van der Waals surface area contributed by atoms with Gasteiger partial charge in [-0.15, -0.1) is 0 Å². The van der Waals surface area contributed by atoms with Gasteiger partial charge in [0.2, 0.25) is 0 Å². The van der Waals surface area contributed by atoms with Gasteiger partial charge in [-0.2, -0.15) is 5.26 Å². The molecule has 0 aliphatic carbocycles. The number of hydrogen-bond donors (Lipinski definition) is 2. The molecule has 30 heavy (non-hydrogen) atoms. The molecule has 0 bridgehead atoms. The van der Waals surface area contributed by atoms with Crippen molar-refractivity contribution in [2.75, 3.05) is 10.7 Å². The van der Waals surface area contributed by atoms with Crippen molar-refractivity contribution in [3.05, 3.63) is 93.2 Å². The number of nitrogens with one attached hydrogen (secondary N) is 2. The van der Waals surface area contributed by atoms with Gasteiger partial charge in [0.25, 0.3) is 11.8 Å². The highest BCUT2D eigenvalue weighted by Gasteiger charge is 2.15. The van der Waals surface area contributed by atoms with Gasteiger partial charge in [0.05, 0.1) is 0 Å². The Bertz CT molecular complexity index is 1160. The monoisotopic (exact) mass is 462 g/mol. The summed E-state index contributed by atoms with van der Waals surface area (Å²) in [4.78, 5) is 25.0. The van der Waals surface area contributed by atoms with Gasteiger partial charge in [-0.05, 0) is 68.0 Å². The normalized spacial score (nSPS) is 10.9. The number of hydrogen-bond acceptors (Lipinski definition) is 3. The molecule has 3 rings (SSSR count). The Labute approximate surface area is 182 Å². The molecule has 0 aliphatic rings. The Morgan fingerprint density at radius 3 is 2.37 bits per heavy atom. The largest absolute Gasteiger partial charge is 0.321 e. The lowest BCUT2D eigenvalue weighted by Crippen LogP contribution is -2.24. The Morgan fingerprint density at radius 2 is 1.73 bits per heavy atom. The maximum atomic E-state index is 12.5. The van der Waals surface area contributed by atoms with Gasteiger partial charge in [0.1, 0.15) is 11.6 Å². The molecular weight excluding hydrogens is 444 g/mol. The molecule has 2 amide bonds. The number of anilines is 1. The van der Waals surface area contributed by atoms with Gasteiger partial charge in [-0.1, -0.05) is 34.1 Å². The second-order valence-corrected chi connectivity index (χ2v) is 7.52. The fraction of sp³-hybridized carbons (Fsp3) is 0.0870. The third-order valence-corrected chi connectivity index (χ3v) is 5.02.